The summed E-state index contributed by atoms with van der Waals surface area (Å²) in [6.45, 7) is 4.04. The second-order valence-electron chi connectivity index (χ2n) is 5.27. The van der Waals surface area contributed by atoms with Gasteiger partial charge in [-0.3, -0.25) is 14.4 Å². The fourth-order valence-electron chi connectivity index (χ4n) is 2.85. The predicted molar refractivity (Wildman–Crippen MR) is 67.3 cm³/mol. The van der Waals surface area contributed by atoms with E-state index in [9.17, 15) is 14.4 Å². The summed E-state index contributed by atoms with van der Waals surface area (Å²) in [7, 11) is 0. The van der Waals surface area contributed by atoms with Crippen molar-refractivity contribution in [2.24, 2.45) is 11.8 Å². The van der Waals surface area contributed by atoms with Gasteiger partial charge in [-0.25, -0.2) is 0 Å². The van der Waals surface area contributed by atoms with Crippen LogP contribution in [0.15, 0.2) is 0 Å². The minimum atomic E-state index is -0.777. The average molecular weight is 268 g/mol. The van der Waals surface area contributed by atoms with E-state index >= 15 is 0 Å². The van der Waals surface area contributed by atoms with Gasteiger partial charge in [-0.2, -0.15) is 0 Å². The van der Waals surface area contributed by atoms with Crippen LogP contribution in [0.3, 0.4) is 0 Å². The van der Waals surface area contributed by atoms with Crippen molar-refractivity contribution in [1.29, 1.82) is 0 Å². The van der Waals surface area contributed by atoms with Gasteiger partial charge in [0.05, 0.1) is 11.8 Å². The monoisotopic (exact) mass is 268 g/mol. The lowest BCUT2D eigenvalue weighted by molar-refractivity contribution is -0.146. The van der Waals surface area contributed by atoms with Crippen LogP contribution in [0.2, 0.25) is 0 Å². The van der Waals surface area contributed by atoms with Crippen LogP contribution in [0.25, 0.3) is 0 Å². The van der Waals surface area contributed by atoms with Gasteiger partial charge >= 0.3 is 5.97 Å². The van der Waals surface area contributed by atoms with Crippen LogP contribution >= 0.6 is 0 Å². The Morgan fingerprint density at radius 2 is 1.89 bits per heavy atom. The van der Waals surface area contributed by atoms with E-state index in [0.29, 0.717) is 45.4 Å². The molecule has 106 valence electrons. The first kappa shape index (κ1) is 13.8. The van der Waals surface area contributed by atoms with Crippen molar-refractivity contribution >= 4 is 17.8 Å². The molecule has 2 heterocycles. The lowest BCUT2D eigenvalue weighted by Gasteiger charge is -2.31. The summed E-state index contributed by atoms with van der Waals surface area (Å²) >= 11 is 0. The molecule has 2 saturated heterocycles. The van der Waals surface area contributed by atoms with E-state index in [1.165, 1.54) is 0 Å². The van der Waals surface area contributed by atoms with Crippen LogP contribution in [0.1, 0.15) is 26.2 Å². The van der Waals surface area contributed by atoms with Crippen LogP contribution in [-0.4, -0.2) is 58.9 Å². The van der Waals surface area contributed by atoms with Crippen molar-refractivity contribution in [3.8, 4) is 0 Å². The summed E-state index contributed by atoms with van der Waals surface area (Å²) in [5.74, 6) is -1.30. The smallest absolute Gasteiger partial charge is 0.306 e. The highest BCUT2D eigenvalue weighted by Crippen LogP contribution is 2.23. The van der Waals surface area contributed by atoms with Gasteiger partial charge < -0.3 is 14.9 Å². The second kappa shape index (κ2) is 5.59. The molecule has 1 atom stereocenters. The summed E-state index contributed by atoms with van der Waals surface area (Å²) < 4.78 is 0. The quantitative estimate of drug-likeness (QED) is 0.792. The topological polar surface area (TPSA) is 77.9 Å². The molecule has 0 radical (unpaired) electrons. The van der Waals surface area contributed by atoms with Gasteiger partial charge in [0.25, 0.3) is 0 Å². The second-order valence-corrected chi connectivity index (χ2v) is 5.27. The van der Waals surface area contributed by atoms with Crippen molar-refractivity contribution in [2.45, 2.75) is 26.2 Å². The van der Waals surface area contributed by atoms with Gasteiger partial charge in [0, 0.05) is 32.6 Å². The molecule has 1 N–H and O–H groups in total. The number of likely N-dealkylation sites (tertiary alicyclic amines) is 2. The summed E-state index contributed by atoms with van der Waals surface area (Å²) in [4.78, 5) is 38.2. The molecule has 2 rings (SSSR count). The van der Waals surface area contributed by atoms with E-state index < -0.39 is 5.97 Å². The van der Waals surface area contributed by atoms with Crippen molar-refractivity contribution < 1.29 is 19.5 Å². The molecular formula is C13H20N2O4. The number of nitrogens with zero attached hydrogens (tertiary/aromatic N) is 2. The summed E-state index contributed by atoms with van der Waals surface area (Å²) in [5, 5.41) is 8.92. The van der Waals surface area contributed by atoms with E-state index in [4.69, 9.17) is 5.11 Å². The third-order valence-corrected chi connectivity index (χ3v) is 4.10. The first-order chi connectivity index (χ1) is 9.02. The molecule has 6 nitrogen and oxygen atoms in total. The number of carbonyl (C=O) groups is 3. The zero-order chi connectivity index (χ0) is 14.0. The maximum absolute atomic E-state index is 12.3. The third kappa shape index (κ3) is 2.88. The Kier molecular flexibility index (Phi) is 4.07. The Labute approximate surface area is 112 Å². The number of piperidine rings is 1. The molecule has 2 aliphatic heterocycles. The maximum atomic E-state index is 12.3. The van der Waals surface area contributed by atoms with Gasteiger partial charge in [-0.1, -0.05) is 0 Å². The van der Waals surface area contributed by atoms with Crippen LogP contribution in [-0.2, 0) is 14.4 Å². The van der Waals surface area contributed by atoms with Crippen LogP contribution in [0.4, 0.5) is 0 Å². The highest BCUT2D eigenvalue weighted by molar-refractivity contribution is 5.89. The number of hydrogen-bond donors (Lipinski definition) is 1. The molecule has 6 heteroatoms. The van der Waals surface area contributed by atoms with Gasteiger partial charge in [0.15, 0.2) is 0 Å². The standard InChI is InChI=1S/C13H20N2O4/c1-2-14-8-10(7-11(14)16)12(17)15-5-3-9(4-6-15)13(18)19/h9-10H,2-8H2,1H3,(H,18,19). The highest BCUT2D eigenvalue weighted by Gasteiger charge is 2.37. The number of amides is 2. The van der Waals surface area contributed by atoms with E-state index in [1.807, 2.05) is 6.92 Å². The fraction of sp³-hybridized carbons (Fsp3) is 0.769. The molecule has 2 fully saturated rings. The van der Waals surface area contributed by atoms with Crippen molar-refractivity contribution in [2.75, 3.05) is 26.2 Å². The van der Waals surface area contributed by atoms with Gasteiger partial charge in [0.1, 0.15) is 0 Å². The fourth-order valence-corrected chi connectivity index (χ4v) is 2.85. The molecule has 0 aromatic rings. The Morgan fingerprint density at radius 1 is 1.26 bits per heavy atom. The van der Waals surface area contributed by atoms with Crippen molar-refractivity contribution in [3.63, 3.8) is 0 Å². The lowest BCUT2D eigenvalue weighted by Crippen LogP contribution is -2.43. The first-order valence-corrected chi connectivity index (χ1v) is 6.82. The van der Waals surface area contributed by atoms with Gasteiger partial charge in [-0.15, -0.1) is 0 Å². The first-order valence-electron chi connectivity index (χ1n) is 6.82. The zero-order valence-corrected chi connectivity index (χ0v) is 11.2. The SMILES string of the molecule is CCN1CC(C(=O)N2CCC(C(=O)O)CC2)CC1=O. The van der Waals surface area contributed by atoms with Crippen LogP contribution in [0.5, 0.6) is 0 Å². The van der Waals surface area contributed by atoms with E-state index in [0.717, 1.165) is 0 Å². The molecular weight excluding hydrogens is 248 g/mol. The molecule has 0 saturated carbocycles. The van der Waals surface area contributed by atoms with E-state index in [1.54, 1.807) is 9.80 Å². The molecule has 1 unspecified atom stereocenters. The molecule has 0 aliphatic carbocycles. The Balaban J connectivity index is 1.88. The molecule has 0 spiro atoms. The van der Waals surface area contributed by atoms with Crippen LogP contribution in [0, 0.1) is 11.8 Å². The molecule has 0 aromatic heterocycles. The van der Waals surface area contributed by atoms with Gasteiger partial charge in [-0.05, 0) is 19.8 Å². The molecule has 0 bridgehead atoms. The molecule has 2 aliphatic rings. The largest absolute Gasteiger partial charge is 0.481 e. The normalized spacial score (nSPS) is 24.9. The number of carboxylic acid groups (broad SMARTS) is 1. The van der Waals surface area contributed by atoms with Crippen LogP contribution < -0.4 is 0 Å². The zero-order valence-electron chi connectivity index (χ0n) is 11.2. The van der Waals surface area contributed by atoms with E-state index in [2.05, 4.69) is 0 Å². The van der Waals surface area contributed by atoms with Gasteiger partial charge in [0.2, 0.25) is 11.8 Å². The Bertz CT molecular complexity index is 388. The summed E-state index contributed by atoms with van der Waals surface area (Å²) in [6.07, 6.45) is 1.32. The van der Waals surface area contributed by atoms with Crippen molar-refractivity contribution in [3.05, 3.63) is 0 Å². The number of carboxylic acids is 1. The Morgan fingerprint density at radius 3 is 2.37 bits per heavy atom. The highest BCUT2D eigenvalue weighted by atomic mass is 16.4. The number of hydrogen-bond acceptors (Lipinski definition) is 3. The number of rotatable bonds is 3. The molecule has 19 heavy (non-hydrogen) atoms. The van der Waals surface area contributed by atoms with Crippen molar-refractivity contribution in [1.82, 2.24) is 9.80 Å². The molecule has 2 amide bonds. The maximum Gasteiger partial charge on any atom is 0.306 e. The summed E-state index contributed by atoms with van der Waals surface area (Å²) in [5.41, 5.74) is 0. The summed E-state index contributed by atoms with van der Waals surface area (Å²) in [6, 6.07) is 0. The number of carbonyl (C=O) groups excluding carboxylic acids is 2. The van der Waals surface area contributed by atoms with E-state index in [-0.39, 0.29) is 23.7 Å². The molecule has 0 aromatic carbocycles. The average Bonchev–Trinajstić information content (AvgIpc) is 2.79. The Hall–Kier alpha value is -1.59. The third-order valence-electron chi connectivity index (χ3n) is 4.10. The minimum absolute atomic E-state index is 0.00754. The number of aliphatic carboxylic acids is 1. The minimum Gasteiger partial charge on any atom is -0.481 e. The lowest BCUT2D eigenvalue weighted by atomic mass is 9.95. The predicted octanol–water partition coefficient (Wildman–Crippen LogP) is 0.178.